The lowest BCUT2D eigenvalue weighted by atomic mass is 9.83. The second-order valence-corrected chi connectivity index (χ2v) is 42.5. The number of carbonyl (C=O) groups is 2. The molecular weight excluding hydrogens is 1320 g/mol. The third-order valence-corrected chi connectivity index (χ3v) is 17.1. The van der Waals surface area contributed by atoms with Gasteiger partial charge < -0.3 is 18.9 Å². The number of hydrogen-bond donors (Lipinski definition) is 0. The van der Waals surface area contributed by atoms with Crippen molar-refractivity contribution in [2.45, 2.75) is 315 Å². The van der Waals surface area contributed by atoms with Gasteiger partial charge in [0.15, 0.2) is 0 Å². The highest BCUT2D eigenvalue weighted by atomic mass is 32.2. The average molecular weight is 1460 g/mol. The van der Waals surface area contributed by atoms with E-state index in [1.807, 2.05) is 141 Å². The summed E-state index contributed by atoms with van der Waals surface area (Å²) in [7, 11) is 1.67. The zero-order valence-corrected chi connectivity index (χ0v) is 73.6. The van der Waals surface area contributed by atoms with Crippen molar-refractivity contribution < 1.29 is 28.5 Å². The monoisotopic (exact) mass is 1460 g/mol. The number of methoxy groups -OCH3 is 1. The van der Waals surface area contributed by atoms with Crippen LogP contribution in [0.25, 0.3) is 0 Å². The van der Waals surface area contributed by atoms with Gasteiger partial charge >= 0.3 is 5.97 Å². The molecule has 0 saturated heterocycles. The number of benzene rings is 4. The van der Waals surface area contributed by atoms with Gasteiger partial charge in [-0.1, -0.05) is 295 Å². The molecule has 0 N–H and O–H groups in total. The number of allylic oxidation sites excluding steroid dienone is 3. The van der Waals surface area contributed by atoms with Gasteiger partial charge in [-0.25, -0.2) is 4.79 Å². The Hall–Kier alpha value is -6.36. The van der Waals surface area contributed by atoms with E-state index in [1.54, 1.807) is 7.11 Å². The number of thioether (sulfide) groups is 2. The van der Waals surface area contributed by atoms with Crippen LogP contribution in [-0.4, -0.2) is 54.5 Å². The second kappa shape index (κ2) is 40.6. The quantitative estimate of drug-likeness (QED) is 0.0688. The maximum atomic E-state index is 12.3. The maximum absolute atomic E-state index is 12.3. The highest BCUT2D eigenvalue weighted by molar-refractivity contribution is 8.15. The zero-order valence-electron chi connectivity index (χ0n) is 71.9. The zero-order chi connectivity index (χ0) is 80.5. The first-order chi connectivity index (χ1) is 47.0. The van der Waals surface area contributed by atoms with E-state index in [2.05, 4.69) is 263 Å². The van der Waals surface area contributed by atoms with E-state index in [0.29, 0.717) is 15.7 Å². The molecule has 8 nitrogen and oxygen atoms in total. The van der Waals surface area contributed by atoms with Gasteiger partial charge in [0, 0.05) is 69.8 Å². The van der Waals surface area contributed by atoms with E-state index in [4.69, 9.17) is 18.9 Å². The summed E-state index contributed by atoms with van der Waals surface area (Å²) in [6.45, 7) is 82.6. The van der Waals surface area contributed by atoms with Gasteiger partial charge in [-0.3, -0.25) is 14.8 Å². The summed E-state index contributed by atoms with van der Waals surface area (Å²) in [6, 6.07) is 39.1. The van der Waals surface area contributed by atoms with Gasteiger partial charge in [0.2, 0.25) is 5.12 Å². The van der Waals surface area contributed by atoms with Gasteiger partial charge in [0.1, 0.15) is 16.8 Å². The molecule has 0 radical (unpaired) electrons. The van der Waals surface area contributed by atoms with Crippen LogP contribution in [0.3, 0.4) is 0 Å². The molecule has 6 rings (SSSR count). The normalized spacial score (nSPS) is 12.3. The summed E-state index contributed by atoms with van der Waals surface area (Å²) < 4.78 is 22.5. The molecule has 4 aromatic carbocycles. The summed E-state index contributed by atoms with van der Waals surface area (Å²) in [6.07, 6.45) is 10.8. The summed E-state index contributed by atoms with van der Waals surface area (Å²) >= 11 is 3.44. The number of hydrogen-bond acceptors (Lipinski definition) is 10. The Morgan fingerprint density at radius 3 is 1.17 bits per heavy atom. The first-order valence-electron chi connectivity index (χ1n) is 37.2. The number of rotatable bonds is 16. The number of carbonyl (C=O) groups excluding carboxylic acids is 2. The lowest BCUT2D eigenvalue weighted by Gasteiger charge is -2.26. The highest BCUT2D eigenvalue weighted by Gasteiger charge is 2.27. The van der Waals surface area contributed by atoms with Gasteiger partial charge in [0.05, 0.1) is 30.0 Å². The van der Waals surface area contributed by atoms with Crippen LogP contribution < -0.4 is 0 Å². The van der Waals surface area contributed by atoms with E-state index in [-0.39, 0.29) is 54.1 Å². The van der Waals surface area contributed by atoms with Crippen LogP contribution in [0.15, 0.2) is 171 Å². The fraction of sp³-hybridized carbons (Fsp3) is 0.553. The van der Waals surface area contributed by atoms with Crippen molar-refractivity contribution in [1.82, 2.24) is 9.97 Å². The van der Waals surface area contributed by atoms with E-state index >= 15 is 0 Å². The molecule has 2 heterocycles. The SMILES string of the molecule is C=C(Cc1ccccc1C(C)(C)C)OC.C=C(Cc1cccnc1C(C)(C)C)OC(C)(C)C.C=C(Cc1ccncc1C(C)(C)C)OC(C)(C)C.CC(C)(C)Cc1ccccc1C(=O)OC(C)(C)C.CC(C)(C)Cc1ccccc1C(=O)SC(C)(C)C.CC(C)(C)Cc1ccccc1CSC(C)(C)C. The minimum Gasteiger partial charge on any atom is -0.501 e. The van der Waals surface area contributed by atoms with Crippen LogP contribution in [0.4, 0.5) is 0 Å². The summed E-state index contributed by atoms with van der Waals surface area (Å²) in [4.78, 5) is 33.2. The Morgan fingerprint density at radius 1 is 0.375 bits per heavy atom. The van der Waals surface area contributed by atoms with Crippen molar-refractivity contribution in [3.63, 3.8) is 0 Å². The van der Waals surface area contributed by atoms with Crippen LogP contribution in [0.5, 0.6) is 0 Å². The number of aromatic nitrogens is 2. The van der Waals surface area contributed by atoms with Crippen molar-refractivity contribution in [3.05, 3.63) is 238 Å². The van der Waals surface area contributed by atoms with Crippen molar-refractivity contribution in [2.24, 2.45) is 16.2 Å². The highest BCUT2D eigenvalue weighted by Crippen LogP contribution is 2.35. The summed E-state index contributed by atoms with van der Waals surface area (Å²) in [5.74, 6) is 3.30. The first kappa shape index (κ1) is 95.7. The van der Waals surface area contributed by atoms with E-state index < -0.39 is 5.60 Å². The average Bonchev–Trinajstić information content (AvgIpc) is 0.809. The smallest absolute Gasteiger partial charge is 0.338 e. The fourth-order valence-corrected chi connectivity index (χ4v) is 12.6. The molecule has 0 atom stereocenters. The van der Waals surface area contributed by atoms with Crippen LogP contribution in [0.1, 0.15) is 305 Å². The molecule has 0 aliphatic heterocycles. The van der Waals surface area contributed by atoms with Crippen molar-refractivity contribution in [2.75, 3.05) is 7.11 Å². The molecule has 0 bridgehead atoms. The minimum atomic E-state index is -0.452. The van der Waals surface area contributed by atoms with Crippen molar-refractivity contribution >= 4 is 34.6 Å². The second-order valence-electron chi connectivity index (χ2n) is 38.9. The molecule has 0 spiro atoms. The molecule has 10 heteroatoms. The number of pyridine rings is 2. The molecule has 0 saturated carbocycles. The Morgan fingerprint density at radius 2 is 0.750 bits per heavy atom. The standard InChI is InChI=1S/2C16H25NO.C16H24O2.C16H24OS.C16H26S.C14H20O/c1-12(18-16(5,6)7)10-13-8-9-17-11-14(13)15(2,3)4;1-12(18-16(5,6)7)11-13-9-8-10-17-14(13)15(2,3)4;2*1-15(2,3)11-12-9-7-8-10-13(12)14(17)18-16(4,5)6;1-15(2,3)11-13-9-7-8-10-14(13)12-17-16(4,5)6;1-11(15-5)10-12-8-6-7-9-13(12)14(2,3)4/h8-9,11H,1,10H2,2-7H3;8-10H,1,11H2,2-7H3;2*7-10H,11H2,1-6H3;7-10H,11-12H2,1-6H3;6-9H,1,10H2,2-5H3. The van der Waals surface area contributed by atoms with Crippen LogP contribution in [-0.2, 0) is 79.5 Å². The lowest BCUT2D eigenvalue weighted by molar-refractivity contribution is 0.00674. The first-order valence-corrected chi connectivity index (χ1v) is 39.0. The predicted octanol–water partition coefficient (Wildman–Crippen LogP) is 26.7. The molecule has 6 aromatic rings. The Balaban J connectivity index is 0.000000625. The third kappa shape index (κ3) is 43.3. The predicted molar refractivity (Wildman–Crippen MR) is 455 cm³/mol. The molecule has 0 aliphatic rings. The molecule has 0 unspecified atom stereocenters. The number of nitrogens with zero attached hydrogens (tertiary/aromatic N) is 2. The van der Waals surface area contributed by atoms with Gasteiger partial charge in [-0.05, 0) is 177 Å². The van der Waals surface area contributed by atoms with Crippen LogP contribution >= 0.6 is 23.5 Å². The molecule has 104 heavy (non-hydrogen) atoms. The Kier molecular flexibility index (Phi) is 37.3. The van der Waals surface area contributed by atoms with Crippen LogP contribution in [0.2, 0.25) is 0 Å². The maximum Gasteiger partial charge on any atom is 0.338 e. The van der Waals surface area contributed by atoms with Gasteiger partial charge in [-0.15, -0.1) is 0 Å². The fourth-order valence-electron chi connectivity index (χ4n) is 10.9. The summed E-state index contributed by atoms with van der Waals surface area (Å²) in [5.41, 5.74) is 14.4. The van der Waals surface area contributed by atoms with Crippen LogP contribution in [0, 0.1) is 16.2 Å². The summed E-state index contributed by atoms with van der Waals surface area (Å²) in [5, 5.41) is 0.183. The number of esters is 1. The molecule has 2 aromatic heterocycles. The van der Waals surface area contributed by atoms with Crippen molar-refractivity contribution in [1.29, 1.82) is 0 Å². The van der Waals surface area contributed by atoms with E-state index in [9.17, 15) is 9.59 Å². The lowest BCUT2D eigenvalue weighted by Crippen LogP contribution is -2.25. The third-order valence-electron chi connectivity index (χ3n) is 14.7. The van der Waals surface area contributed by atoms with E-state index in [0.717, 1.165) is 83.9 Å². The molecule has 0 aliphatic carbocycles. The van der Waals surface area contributed by atoms with Gasteiger partial charge in [-0.2, -0.15) is 11.8 Å². The van der Waals surface area contributed by atoms with Crippen molar-refractivity contribution in [3.8, 4) is 0 Å². The minimum absolute atomic E-state index is 0.0358. The van der Waals surface area contributed by atoms with Gasteiger partial charge in [0.25, 0.3) is 0 Å². The molecule has 0 fully saturated rings. The molecule has 578 valence electrons. The Bertz CT molecular complexity index is 3460. The molecule has 0 amide bonds. The largest absolute Gasteiger partial charge is 0.501 e. The Labute approximate surface area is 645 Å². The molecular formula is C94H144N2O6S2. The topological polar surface area (TPSA) is 96.8 Å². The van der Waals surface area contributed by atoms with E-state index in [1.165, 1.54) is 50.7 Å². The number of ether oxygens (including phenoxy) is 4.